The standard InChI is InChI=1S/C16H11N5O2/c1-9-18-13-8-10(5-6-11(13)15(22)19-9)16-20-14(21-23-16)12-4-2-3-7-17-12/h2-8H,1H3,(H,18,19,22). The van der Waals surface area contributed by atoms with Gasteiger partial charge in [-0.3, -0.25) is 9.78 Å². The van der Waals surface area contributed by atoms with Crippen LogP contribution in [0.15, 0.2) is 51.9 Å². The highest BCUT2D eigenvalue weighted by Crippen LogP contribution is 2.23. The molecule has 0 saturated carbocycles. The van der Waals surface area contributed by atoms with E-state index >= 15 is 0 Å². The molecule has 4 rings (SSSR count). The number of H-pyrrole nitrogens is 1. The molecule has 0 spiro atoms. The quantitative estimate of drug-likeness (QED) is 0.610. The fourth-order valence-corrected chi connectivity index (χ4v) is 2.33. The van der Waals surface area contributed by atoms with Crippen LogP contribution in [0.5, 0.6) is 0 Å². The van der Waals surface area contributed by atoms with Crippen LogP contribution in [0.3, 0.4) is 0 Å². The molecule has 0 atom stereocenters. The van der Waals surface area contributed by atoms with Gasteiger partial charge in [-0.25, -0.2) is 4.98 Å². The Kier molecular flexibility index (Phi) is 2.97. The number of aryl methyl sites for hydroxylation is 1. The molecule has 1 aromatic carbocycles. The van der Waals surface area contributed by atoms with Crippen LogP contribution in [-0.4, -0.2) is 25.1 Å². The van der Waals surface area contributed by atoms with Crippen molar-refractivity contribution < 1.29 is 4.52 Å². The second kappa shape index (κ2) is 5.13. The third kappa shape index (κ3) is 2.38. The molecule has 0 amide bonds. The van der Waals surface area contributed by atoms with E-state index in [9.17, 15) is 4.79 Å². The van der Waals surface area contributed by atoms with Crippen LogP contribution in [0.1, 0.15) is 5.82 Å². The molecule has 3 heterocycles. The molecule has 4 aromatic rings. The predicted octanol–water partition coefficient (Wildman–Crippen LogP) is 2.34. The minimum atomic E-state index is -0.168. The summed E-state index contributed by atoms with van der Waals surface area (Å²) in [4.78, 5) is 27.4. The molecule has 0 aliphatic rings. The molecule has 0 saturated heterocycles. The maximum Gasteiger partial charge on any atom is 0.258 e. The van der Waals surface area contributed by atoms with Crippen molar-refractivity contribution in [2.24, 2.45) is 0 Å². The molecule has 0 unspecified atom stereocenters. The van der Waals surface area contributed by atoms with Gasteiger partial charge in [-0.15, -0.1) is 0 Å². The molecule has 3 aromatic heterocycles. The summed E-state index contributed by atoms with van der Waals surface area (Å²) in [5.41, 5.74) is 1.75. The summed E-state index contributed by atoms with van der Waals surface area (Å²) in [6.45, 7) is 1.74. The Morgan fingerprint density at radius 3 is 2.87 bits per heavy atom. The van der Waals surface area contributed by atoms with Crippen molar-refractivity contribution in [2.45, 2.75) is 6.92 Å². The van der Waals surface area contributed by atoms with Gasteiger partial charge in [-0.05, 0) is 37.3 Å². The number of nitrogens with zero attached hydrogens (tertiary/aromatic N) is 4. The van der Waals surface area contributed by atoms with Gasteiger partial charge in [-0.2, -0.15) is 4.98 Å². The molecule has 0 aliphatic carbocycles. The highest BCUT2D eigenvalue weighted by Gasteiger charge is 2.12. The lowest BCUT2D eigenvalue weighted by Crippen LogP contribution is -2.09. The average Bonchev–Trinajstić information content (AvgIpc) is 3.05. The van der Waals surface area contributed by atoms with Gasteiger partial charge < -0.3 is 9.51 Å². The lowest BCUT2D eigenvalue weighted by molar-refractivity contribution is 0.432. The van der Waals surface area contributed by atoms with Crippen molar-refractivity contribution in [3.8, 4) is 23.0 Å². The minimum absolute atomic E-state index is 0.168. The lowest BCUT2D eigenvalue weighted by Gasteiger charge is -2.00. The number of pyridine rings is 1. The summed E-state index contributed by atoms with van der Waals surface area (Å²) in [5, 5.41) is 4.46. The van der Waals surface area contributed by atoms with Gasteiger partial charge in [0.15, 0.2) is 0 Å². The van der Waals surface area contributed by atoms with E-state index in [0.29, 0.717) is 39.7 Å². The average molecular weight is 305 g/mol. The molecule has 0 radical (unpaired) electrons. The minimum Gasteiger partial charge on any atom is -0.334 e. The van der Waals surface area contributed by atoms with Crippen LogP contribution < -0.4 is 5.56 Å². The van der Waals surface area contributed by atoms with Crippen molar-refractivity contribution in [1.29, 1.82) is 0 Å². The molecular formula is C16H11N5O2. The second-order valence-corrected chi connectivity index (χ2v) is 5.02. The van der Waals surface area contributed by atoms with Crippen molar-refractivity contribution in [3.05, 3.63) is 58.8 Å². The number of nitrogens with one attached hydrogen (secondary N) is 1. The van der Waals surface area contributed by atoms with Crippen LogP contribution in [0.25, 0.3) is 33.9 Å². The van der Waals surface area contributed by atoms with Crippen molar-refractivity contribution in [1.82, 2.24) is 25.1 Å². The summed E-state index contributed by atoms with van der Waals surface area (Å²) >= 11 is 0. The molecule has 7 heteroatoms. The van der Waals surface area contributed by atoms with Crippen LogP contribution in [0.2, 0.25) is 0 Å². The third-order valence-electron chi connectivity index (χ3n) is 3.39. The Labute approximate surface area is 130 Å². The van der Waals surface area contributed by atoms with E-state index in [2.05, 4.69) is 25.1 Å². The van der Waals surface area contributed by atoms with Gasteiger partial charge in [0.2, 0.25) is 5.82 Å². The lowest BCUT2D eigenvalue weighted by atomic mass is 10.1. The van der Waals surface area contributed by atoms with Gasteiger partial charge >= 0.3 is 0 Å². The summed E-state index contributed by atoms with van der Waals surface area (Å²) in [6.07, 6.45) is 1.67. The zero-order valence-electron chi connectivity index (χ0n) is 12.1. The second-order valence-electron chi connectivity index (χ2n) is 5.02. The van der Waals surface area contributed by atoms with Gasteiger partial charge in [0.05, 0.1) is 10.9 Å². The number of hydrogen-bond donors (Lipinski definition) is 1. The van der Waals surface area contributed by atoms with Crippen LogP contribution in [-0.2, 0) is 0 Å². The molecular weight excluding hydrogens is 294 g/mol. The summed E-state index contributed by atoms with van der Waals surface area (Å²) in [6, 6.07) is 10.7. The Morgan fingerprint density at radius 2 is 2.04 bits per heavy atom. The van der Waals surface area contributed by atoms with E-state index < -0.39 is 0 Å². The number of rotatable bonds is 2. The SMILES string of the molecule is Cc1nc2cc(-c3nc(-c4ccccn4)no3)ccc2c(=O)[nH]1. The summed E-state index contributed by atoms with van der Waals surface area (Å²) < 4.78 is 5.30. The fraction of sp³-hybridized carbons (Fsp3) is 0.0625. The summed E-state index contributed by atoms with van der Waals surface area (Å²) in [7, 11) is 0. The largest absolute Gasteiger partial charge is 0.334 e. The smallest absolute Gasteiger partial charge is 0.258 e. The first-order valence-corrected chi connectivity index (χ1v) is 6.97. The van der Waals surface area contributed by atoms with E-state index in [-0.39, 0.29) is 5.56 Å². The Bertz CT molecular complexity index is 1050. The highest BCUT2D eigenvalue weighted by molar-refractivity contribution is 5.82. The van der Waals surface area contributed by atoms with Gasteiger partial charge in [-0.1, -0.05) is 11.2 Å². The molecule has 0 aliphatic heterocycles. The van der Waals surface area contributed by atoms with Crippen LogP contribution in [0, 0.1) is 6.92 Å². The molecule has 7 nitrogen and oxygen atoms in total. The van der Waals surface area contributed by atoms with Crippen molar-refractivity contribution in [3.63, 3.8) is 0 Å². The number of fused-ring (bicyclic) bond motifs is 1. The summed E-state index contributed by atoms with van der Waals surface area (Å²) in [5.74, 6) is 1.32. The molecule has 1 N–H and O–H groups in total. The Hall–Kier alpha value is -3.35. The van der Waals surface area contributed by atoms with E-state index in [1.165, 1.54) is 0 Å². The first-order valence-electron chi connectivity index (χ1n) is 6.97. The highest BCUT2D eigenvalue weighted by atomic mass is 16.5. The van der Waals surface area contributed by atoms with E-state index in [0.717, 1.165) is 0 Å². The van der Waals surface area contributed by atoms with E-state index in [1.54, 1.807) is 37.4 Å². The van der Waals surface area contributed by atoms with Crippen LogP contribution >= 0.6 is 0 Å². The van der Waals surface area contributed by atoms with Crippen molar-refractivity contribution >= 4 is 10.9 Å². The Balaban J connectivity index is 1.81. The Morgan fingerprint density at radius 1 is 1.13 bits per heavy atom. The van der Waals surface area contributed by atoms with Gasteiger partial charge in [0.25, 0.3) is 11.4 Å². The maximum atomic E-state index is 11.9. The fourth-order valence-electron chi connectivity index (χ4n) is 2.33. The van der Waals surface area contributed by atoms with Crippen LogP contribution in [0.4, 0.5) is 0 Å². The zero-order chi connectivity index (χ0) is 15.8. The van der Waals surface area contributed by atoms with E-state index in [4.69, 9.17) is 4.52 Å². The molecule has 0 fully saturated rings. The monoisotopic (exact) mass is 305 g/mol. The molecule has 0 bridgehead atoms. The first kappa shape index (κ1) is 13.3. The normalized spacial score (nSPS) is 11.0. The zero-order valence-corrected chi connectivity index (χ0v) is 12.1. The van der Waals surface area contributed by atoms with Gasteiger partial charge in [0, 0.05) is 11.8 Å². The molecule has 23 heavy (non-hydrogen) atoms. The number of aromatic amines is 1. The maximum absolute atomic E-state index is 11.9. The van der Waals surface area contributed by atoms with Crippen molar-refractivity contribution in [2.75, 3.05) is 0 Å². The topological polar surface area (TPSA) is 97.6 Å². The van der Waals surface area contributed by atoms with E-state index in [1.807, 2.05) is 12.1 Å². The number of hydrogen-bond acceptors (Lipinski definition) is 6. The number of benzene rings is 1. The number of aromatic nitrogens is 5. The molecule has 112 valence electrons. The van der Waals surface area contributed by atoms with Gasteiger partial charge in [0.1, 0.15) is 11.5 Å². The first-order chi connectivity index (χ1) is 11.2. The predicted molar refractivity (Wildman–Crippen MR) is 83.6 cm³/mol. The third-order valence-corrected chi connectivity index (χ3v) is 3.39.